The lowest BCUT2D eigenvalue weighted by molar-refractivity contribution is -0.140. The van der Waals surface area contributed by atoms with Gasteiger partial charge in [0.15, 0.2) is 0 Å². The zero-order valence-electron chi connectivity index (χ0n) is 11.7. The summed E-state index contributed by atoms with van der Waals surface area (Å²) in [5.41, 5.74) is 0.734. The average Bonchev–Trinajstić information content (AvgIpc) is 2.46. The highest BCUT2D eigenvalue weighted by atomic mass is 16.5. The van der Waals surface area contributed by atoms with Crippen molar-refractivity contribution in [2.75, 3.05) is 32.2 Å². The van der Waals surface area contributed by atoms with E-state index >= 15 is 0 Å². The zero-order chi connectivity index (χ0) is 15.0. The average molecular weight is 281 g/mol. The van der Waals surface area contributed by atoms with E-state index in [-0.39, 0.29) is 30.5 Å². The van der Waals surface area contributed by atoms with Crippen molar-refractivity contribution in [2.45, 2.75) is 12.8 Å². The highest BCUT2D eigenvalue weighted by Gasteiger charge is 2.12. The summed E-state index contributed by atoms with van der Waals surface area (Å²) >= 11 is 0. The fourth-order valence-electron chi connectivity index (χ4n) is 1.72. The lowest BCUT2D eigenvalue weighted by atomic mass is 10.2. The summed E-state index contributed by atoms with van der Waals surface area (Å²) in [6.07, 6.45) is 0.403. The van der Waals surface area contributed by atoms with Crippen LogP contribution in [0.5, 0.6) is 5.75 Å². The Hall–Kier alpha value is -2.24. The van der Waals surface area contributed by atoms with Gasteiger partial charge in [-0.05, 0) is 12.1 Å². The predicted octanol–water partition coefficient (Wildman–Crippen LogP) is 1.32. The number of nitrogens with zero attached hydrogens (tertiary/aromatic N) is 1. The van der Waals surface area contributed by atoms with Gasteiger partial charge in [0.1, 0.15) is 5.75 Å². The van der Waals surface area contributed by atoms with E-state index in [1.807, 2.05) is 4.90 Å². The second-order valence-corrected chi connectivity index (χ2v) is 4.16. The van der Waals surface area contributed by atoms with Crippen molar-refractivity contribution in [3.63, 3.8) is 0 Å². The highest BCUT2D eigenvalue weighted by Crippen LogP contribution is 2.20. The van der Waals surface area contributed by atoms with Gasteiger partial charge in [-0.3, -0.25) is 9.59 Å². The molecule has 0 aliphatic heterocycles. The number of benzene rings is 1. The molecule has 1 aromatic carbocycles. The standard InChI is InChI=1S/C14H19NO5/c1-19-13(17)6-8-15(9-7-14(18)20-2)11-4-3-5-12(16)10-11/h3-5,10,16H,6-9H2,1-2H3. The van der Waals surface area contributed by atoms with E-state index in [4.69, 9.17) is 0 Å². The number of carbonyl (C=O) groups excluding carboxylic acids is 2. The minimum atomic E-state index is -0.326. The van der Waals surface area contributed by atoms with Crippen LogP contribution in [0.3, 0.4) is 0 Å². The topological polar surface area (TPSA) is 76.1 Å². The van der Waals surface area contributed by atoms with Crippen molar-refractivity contribution in [3.8, 4) is 5.75 Å². The first-order chi connectivity index (χ1) is 9.56. The Balaban J connectivity index is 2.72. The van der Waals surface area contributed by atoms with Gasteiger partial charge < -0.3 is 19.5 Å². The molecular weight excluding hydrogens is 262 g/mol. The van der Waals surface area contributed by atoms with Crippen LogP contribution in [0.15, 0.2) is 24.3 Å². The fourth-order valence-corrected chi connectivity index (χ4v) is 1.72. The number of ether oxygens (including phenoxy) is 2. The van der Waals surface area contributed by atoms with E-state index in [0.29, 0.717) is 13.1 Å². The molecule has 0 fully saturated rings. The van der Waals surface area contributed by atoms with Crippen molar-refractivity contribution >= 4 is 17.6 Å². The minimum absolute atomic E-state index is 0.128. The molecule has 110 valence electrons. The summed E-state index contributed by atoms with van der Waals surface area (Å²) in [4.78, 5) is 24.3. The molecule has 1 rings (SSSR count). The summed E-state index contributed by atoms with van der Waals surface area (Å²) in [5, 5.41) is 9.50. The van der Waals surface area contributed by atoms with E-state index in [2.05, 4.69) is 9.47 Å². The first-order valence-electron chi connectivity index (χ1n) is 6.24. The van der Waals surface area contributed by atoms with Gasteiger partial charge in [0, 0.05) is 24.8 Å². The third-order valence-corrected chi connectivity index (χ3v) is 2.82. The highest BCUT2D eigenvalue weighted by molar-refractivity contribution is 5.71. The molecule has 0 saturated heterocycles. The SMILES string of the molecule is COC(=O)CCN(CCC(=O)OC)c1cccc(O)c1. The molecule has 20 heavy (non-hydrogen) atoms. The maximum absolute atomic E-state index is 11.2. The van der Waals surface area contributed by atoms with Crippen molar-refractivity contribution in [2.24, 2.45) is 0 Å². The quantitative estimate of drug-likeness (QED) is 0.760. The Bertz CT molecular complexity index is 441. The van der Waals surface area contributed by atoms with Gasteiger partial charge in [-0.15, -0.1) is 0 Å². The molecule has 6 nitrogen and oxygen atoms in total. The summed E-state index contributed by atoms with van der Waals surface area (Å²) in [6.45, 7) is 0.792. The zero-order valence-corrected chi connectivity index (χ0v) is 11.7. The van der Waals surface area contributed by atoms with Crippen LogP contribution in [0.25, 0.3) is 0 Å². The van der Waals surface area contributed by atoms with Gasteiger partial charge in [-0.25, -0.2) is 0 Å². The number of carbonyl (C=O) groups is 2. The van der Waals surface area contributed by atoms with E-state index in [9.17, 15) is 14.7 Å². The third kappa shape index (κ3) is 5.17. The molecule has 1 N–H and O–H groups in total. The Kier molecular flexibility index (Phi) is 6.36. The maximum atomic E-state index is 11.2. The van der Waals surface area contributed by atoms with Crippen molar-refractivity contribution in [1.82, 2.24) is 0 Å². The van der Waals surface area contributed by atoms with Crippen LogP contribution in [0.4, 0.5) is 5.69 Å². The molecular formula is C14H19NO5. The molecule has 0 heterocycles. The second kappa shape index (κ2) is 8.04. The first kappa shape index (κ1) is 15.8. The number of hydrogen-bond donors (Lipinski definition) is 1. The molecule has 0 spiro atoms. The molecule has 0 amide bonds. The Morgan fingerprint density at radius 3 is 2.10 bits per heavy atom. The first-order valence-corrected chi connectivity index (χ1v) is 6.24. The van der Waals surface area contributed by atoms with Gasteiger partial charge >= 0.3 is 11.9 Å². The van der Waals surface area contributed by atoms with Crippen LogP contribution in [-0.4, -0.2) is 44.4 Å². The summed E-state index contributed by atoms with van der Waals surface area (Å²) in [7, 11) is 2.66. The molecule has 0 bridgehead atoms. The summed E-state index contributed by atoms with van der Waals surface area (Å²) in [6, 6.07) is 6.64. The van der Waals surface area contributed by atoms with Gasteiger partial charge in [-0.2, -0.15) is 0 Å². The Labute approximate surface area is 117 Å². The van der Waals surface area contributed by atoms with Crippen LogP contribution >= 0.6 is 0 Å². The molecule has 1 aromatic rings. The largest absolute Gasteiger partial charge is 0.508 e. The number of phenols is 1. The number of hydrogen-bond acceptors (Lipinski definition) is 6. The molecule has 0 aliphatic carbocycles. The van der Waals surface area contributed by atoms with Crippen LogP contribution in [-0.2, 0) is 19.1 Å². The Morgan fingerprint density at radius 2 is 1.65 bits per heavy atom. The van der Waals surface area contributed by atoms with E-state index in [1.54, 1.807) is 24.3 Å². The van der Waals surface area contributed by atoms with Gasteiger partial charge in [0.2, 0.25) is 0 Å². The van der Waals surface area contributed by atoms with Crippen LogP contribution < -0.4 is 4.90 Å². The molecule has 0 aromatic heterocycles. The monoisotopic (exact) mass is 281 g/mol. The molecule has 0 saturated carbocycles. The number of methoxy groups -OCH3 is 2. The summed E-state index contributed by atoms with van der Waals surface area (Å²) in [5.74, 6) is -0.523. The second-order valence-electron chi connectivity index (χ2n) is 4.16. The van der Waals surface area contributed by atoms with E-state index < -0.39 is 0 Å². The molecule has 0 unspecified atom stereocenters. The molecule has 0 aliphatic rings. The van der Waals surface area contributed by atoms with Crippen LogP contribution in [0, 0.1) is 0 Å². The fraction of sp³-hybridized carbons (Fsp3) is 0.429. The number of anilines is 1. The number of rotatable bonds is 7. The van der Waals surface area contributed by atoms with Crippen LogP contribution in [0.1, 0.15) is 12.8 Å². The molecule has 6 heteroatoms. The van der Waals surface area contributed by atoms with Gasteiger partial charge in [0.05, 0.1) is 27.1 Å². The maximum Gasteiger partial charge on any atom is 0.307 e. The number of phenolic OH excluding ortho intramolecular Hbond substituents is 1. The predicted molar refractivity (Wildman–Crippen MR) is 73.6 cm³/mol. The number of aromatic hydroxyl groups is 1. The third-order valence-electron chi connectivity index (χ3n) is 2.82. The number of esters is 2. The van der Waals surface area contributed by atoms with Crippen molar-refractivity contribution < 1.29 is 24.2 Å². The normalized spacial score (nSPS) is 9.90. The van der Waals surface area contributed by atoms with Crippen molar-refractivity contribution in [1.29, 1.82) is 0 Å². The van der Waals surface area contributed by atoms with E-state index in [0.717, 1.165) is 5.69 Å². The summed E-state index contributed by atoms with van der Waals surface area (Å²) < 4.78 is 9.20. The molecule has 0 radical (unpaired) electrons. The van der Waals surface area contributed by atoms with Gasteiger partial charge in [-0.1, -0.05) is 6.07 Å². The van der Waals surface area contributed by atoms with E-state index in [1.165, 1.54) is 14.2 Å². The lowest BCUT2D eigenvalue weighted by Gasteiger charge is -2.24. The molecule has 0 atom stereocenters. The van der Waals surface area contributed by atoms with Gasteiger partial charge in [0.25, 0.3) is 0 Å². The lowest BCUT2D eigenvalue weighted by Crippen LogP contribution is -2.29. The Morgan fingerprint density at radius 1 is 1.10 bits per heavy atom. The van der Waals surface area contributed by atoms with Crippen LogP contribution in [0.2, 0.25) is 0 Å². The van der Waals surface area contributed by atoms with Crippen molar-refractivity contribution in [3.05, 3.63) is 24.3 Å². The minimum Gasteiger partial charge on any atom is -0.508 e. The smallest absolute Gasteiger partial charge is 0.307 e.